The van der Waals surface area contributed by atoms with E-state index in [0.717, 1.165) is 29.3 Å². The third-order valence-electron chi connectivity index (χ3n) is 4.41. The van der Waals surface area contributed by atoms with E-state index >= 15 is 0 Å². The van der Waals surface area contributed by atoms with E-state index < -0.39 is 0 Å². The van der Waals surface area contributed by atoms with Crippen LogP contribution in [-0.4, -0.2) is 40.4 Å². The zero-order valence-electron chi connectivity index (χ0n) is 18.0. The zero-order chi connectivity index (χ0) is 20.9. The average molecular weight is 400 g/mol. The molecule has 0 heterocycles. The van der Waals surface area contributed by atoms with Crippen molar-refractivity contribution in [2.45, 2.75) is 33.0 Å². The molecule has 0 saturated carbocycles. The van der Waals surface area contributed by atoms with Gasteiger partial charge in [-0.2, -0.15) is 0 Å². The zero-order valence-corrected chi connectivity index (χ0v) is 18.0. The Balaban J connectivity index is 1.91. The molecule has 0 unspecified atom stereocenters. The molecular formula is C23H33N3O3. The first kappa shape index (κ1) is 22.7. The molecule has 0 aliphatic rings. The molecule has 0 spiro atoms. The van der Waals surface area contributed by atoms with Gasteiger partial charge < -0.3 is 24.8 Å². The molecular weight excluding hydrogens is 366 g/mol. The fourth-order valence-corrected chi connectivity index (χ4v) is 2.91. The number of aryl methyl sites for hydroxylation is 1. The van der Waals surface area contributed by atoms with Crippen LogP contribution in [-0.2, 0) is 29.2 Å². The van der Waals surface area contributed by atoms with E-state index in [1.165, 1.54) is 11.1 Å². The van der Waals surface area contributed by atoms with Gasteiger partial charge in [0, 0.05) is 52.9 Å². The summed E-state index contributed by atoms with van der Waals surface area (Å²) in [6.45, 7) is 5.32. The van der Waals surface area contributed by atoms with Gasteiger partial charge in [0.2, 0.25) is 0 Å². The largest absolute Gasteiger partial charge is 0.493 e. The van der Waals surface area contributed by atoms with Gasteiger partial charge in [-0.25, -0.2) is 0 Å². The molecule has 2 N–H and O–H groups in total. The van der Waals surface area contributed by atoms with E-state index in [0.29, 0.717) is 32.9 Å². The van der Waals surface area contributed by atoms with Crippen molar-refractivity contribution in [3.63, 3.8) is 0 Å². The number of aliphatic imine (C=N–C) groups is 1. The lowest BCUT2D eigenvalue weighted by Crippen LogP contribution is -2.36. The molecule has 0 aliphatic heterocycles. The number of rotatable bonds is 11. The summed E-state index contributed by atoms with van der Waals surface area (Å²) in [5.41, 5.74) is 4.61. The Morgan fingerprint density at radius 1 is 0.931 bits per heavy atom. The van der Waals surface area contributed by atoms with E-state index in [1.54, 1.807) is 21.3 Å². The van der Waals surface area contributed by atoms with Crippen LogP contribution in [0.5, 0.6) is 5.75 Å². The lowest BCUT2D eigenvalue weighted by molar-refractivity contribution is 0.171. The standard InChI is InChI=1S/C23H33N3O3/c1-18-9-10-21(22(13-18)29-12-6-11-27-3)16-26-23(24-2)25-15-19-7-5-8-20(14-19)17-28-4/h5,7-10,13-14H,6,11-12,15-17H2,1-4H3,(H2,24,25,26). The highest BCUT2D eigenvalue weighted by Crippen LogP contribution is 2.20. The molecule has 0 radical (unpaired) electrons. The number of benzene rings is 2. The second-order valence-corrected chi connectivity index (χ2v) is 6.84. The number of nitrogens with zero attached hydrogens (tertiary/aromatic N) is 1. The predicted octanol–water partition coefficient (Wildman–Crippen LogP) is 3.42. The van der Waals surface area contributed by atoms with Crippen molar-refractivity contribution in [3.05, 3.63) is 64.7 Å². The van der Waals surface area contributed by atoms with Crippen LogP contribution in [0.4, 0.5) is 0 Å². The van der Waals surface area contributed by atoms with E-state index in [1.807, 2.05) is 6.07 Å². The minimum absolute atomic E-state index is 0.612. The Morgan fingerprint density at radius 2 is 1.72 bits per heavy atom. The molecule has 0 saturated heterocycles. The van der Waals surface area contributed by atoms with Crippen molar-refractivity contribution in [1.82, 2.24) is 10.6 Å². The smallest absolute Gasteiger partial charge is 0.191 e. The normalized spacial score (nSPS) is 11.4. The first-order valence-electron chi connectivity index (χ1n) is 9.88. The van der Waals surface area contributed by atoms with Crippen LogP contribution < -0.4 is 15.4 Å². The highest BCUT2D eigenvalue weighted by molar-refractivity contribution is 5.79. The Bertz CT molecular complexity index is 778. The SMILES string of the molecule is CN=C(NCc1cccc(COC)c1)NCc1ccc(C)cc1OCCCOC. The first-order valence-corrected chi connectivity index (χ1v) is 9.88. The maximum atomic E-state index is 5.96. The topological polar surface area (TPSA) is 64.1 Å². The maximum Gasteiger partial charge on any atom is 0.191 e. The molecule has 0 bridgehead atoms. The van der Waals surface area contributed by atoms with Crippen LogP contribution >= 0.6 is 0 Å². The van der Waals surface area contributed by atoms with Gasteiger partial charge in [0.15, 0.2) is 5.96 Å². The summed E-state index contributed by atoms with van der Waals surface area (Å²) in [6.07, 6.45) is 0.864. The van der Waals surface area contributed by atoms with Gasteiger partial charge in [-0.3, -0.25) is 4.99 Å². The van der Waals surface area contributed by atoms with Crippen LogP contribution in [0.3, 0.4) is 0 Å². The molecule has 0 amide bonds. The fourth-order valence-electron chi connectivity index (χ4n) is 2.91. The Kier molecular flexibility index (Phi) is 10.0. The summed E-state index contributed by atoms with van der Waals surface area (Å²) in [6, 6.07) is 14.6. The summed E-state index contributed by atoms with van der Waals surface area (Å²) in [7, 11) is 5.18. The molecule has 6 heteroatoms. The van der Waals surface area contributed by atoms with Crippen LogP contribution in [0.2, 0.25) is 0 Å². The molecule has 2 aromatic rings. The predicted molar refractivity (Wildman–Crippen MR) is 117 cm³/mol. The van der Waals surface area contributed by atoms with Gasteiger partial charge in [0.05, 0.1) is 13.2 Å². The van der Waals surface area contributed by atoms with Crippen molar-refractivity contribution in [2.75, 3.05) is 34.5 Å². The van der Waals surface area contributed by atoms with E-state index in [-0.39, 0.29) is 0 Å². The highest BCUT2D eigenvalue weighted by atomic mass is 16.5. The molecule has 6 nitrogen and oxygen atoms in total. The number of ether oxygens (including phenoxy) is 3. The van der Waals surface area contributed by atoms with E-state index in [9.17, 15) is 0 Å². The second-order valence-electron chi connectivity index (χ2n) is 6.84. The molecule has 29 heavy (non-hydrogen) atoms. The monoisotopic (exact) mass is 399 g/mol. The third kappa shape index (κ3) is 8.13. The number of methoxy groups -OCH3 is 2. The summed E-state index contributed by atoms with van der Waals surface area (Å²) in [4.78, 5) is 4.32. The summed E-state index contributed by atoms with van der Waals surface area (Å²) < 4.78 is 16.3. The van der Waals surface area contributed by atoms with Gasteiger partial charge in [-0.1, -0.05) is 36.4 Å². The second kappa shape index (κ2) is 12.8. The fraction of sp³-hybridized carbons (Fsp3) is 0.435. The number of guanidine groups is 1. The van der Waals surface area contributed by atoms with Gasteiger partial charge in [0.1, 0.15) is 5.75 Å². The third-order valence-corrected chi connectivity index (χ3v) is 4.41. The number of hydrogen-bond donors (Lipinski definition) is 2. The van der Waals surface area contributed by atoms with Crippen molar-refractivity contribution in [1.29, 1.82) is 0 Å². The van der Waals surface area contributed by atoms with Gasteiger partial charge >= 0.3 is 0 Å². The van der Waals surface area contributed by atoms with Crippen molar-refractivity contribution in [2.24, 2.45) is 4.99 Å². The van der Waals surface area contributed by atoms with E-state index in [4.69, 9.17) is 14.2 Å². The van der Waals surface area contributed by atoms with Crippen LogP contribution in [0.15, 0.2) is 47.5 Å². The van der Waals surface area contributed by atoms with E-state index in [2.05, 4.69) is 58.9 Å². The van der Waals surface area contributed by atoms with Crippen LogP contribution in [0, 0.1) is 6.92 Å². The van der Waals surface area contributed by atoms with Crippen molar-refractivity contribution in [3.8, 4) is 5.75 Å². The summed E-state index contributed by atoms with van der Waals surface area (Å²) in [5.74, 6) is 1.64. The highest BCUT2D eigenvalue weighted by Gasteiger charge is 2.06. The molecule has 0 fully saturated rings. The van der Waals surface area contributed by atoms with Gasteiger partial charge in [-0.05, 0) is 29.7 Å². The Morgan fingerprint density at radius 3 is 2.48 bits per heavy atom. The molecule has 0 aromatic heterocycles. The quantitative estimate of drug-likeness (QED) is 0.344. The van der Waals surface area contributed by atoms with Crippen LogP contribution in [0.1, 0.15) is 28.7 Å². The molecule has 0 atom stereocenters. The Labute approximate surface area is 174 Å². The molecule has 0 aliphatic carbocycles. The lowest BCUT2D eigenvalue weighted by Gasteiger charge is -2.16. The molecule has 158 valence electrons. The molecule has 2 aromatic carbocycles. The first-order chi connectivity index (χ1) is 14.2. The summed E-state index contributed by atoms with van der Waals surface area (Å²) >= 11 is 0. The maximum absolute atomic E-state index is 5.96. The van der Waals surface area contributed by atoms with Gasteiger partial charge in [0.25, 0.3) is 0 Å². The van der Waals surface area contributed by atoms with Crippen molar-refractivity contribution < 1.29 is 14.2 Å². The molecule has 2 rings (SSSR count). The van der Waals surface area contributed by atoms with Crippen molar-refractivity contribution >= 4 is 5.96 Å². The minimum atomic E-state index is 0.612. The van der Waals surface area contributed by atoms with Gasteiger partial charge in [-0.15, -0.1) is 0 Å². The van der Waals surface area contributed by atoms with Crippen LogP contribution in [0.25, 0.3) is 0 Å². The average Bonchev–Trinajstić information content (AvgIpc) is 2.73. The Hall–Kier alpha value is -2.57. The number of hydrogen-bond acceptors (Lipinski definition) is 4. The minimum Gasteiger partial charge on any atom is -0.493 e. The number of nitrogens with one attached hydrogen (secondary N) is 2. The lowest BCUT2D eigenvalue weighted by atomic mass is 10.1. The summed E-state index contributed by atoms with van der Waals surface area (Å²) in [5, 5.41) is 6.72.